The fourth-order valence-electron chi connectivity index (χ4n) is 2.47. The number of phenols is 2. The minimum Gasteiger partial charge on any atom is -0.508 e. The van der Waals surface area contributed by atoms with Crippen LogP contribution in [0.3, 0.4) is 0 Å². The first-order valence-electron chi connectivity index (χ1n) is 8.44. The third-order valence-corrected chi connectivity index (χ3v) is 4.71. The lowest BCUT2D eigenvalue weighted by molar-refractivity contribution is 0.0954. The summed E-state index contributed by atoms with van der Waals surface area (Å²) in [5.74, 6) is -0.468. The predicted molar refractivity (Wildman–Crippen MR) is 115 cm³/mol. The molecule has 0 unspecified atom stereocenters. The second-order valence-corrected chi connectivity index (χ2v) is 7.32. The van der Waals surface area contributed by atoms with Crippen molar-refractivity contribution in [2.45, 2.75) is 6.61 Å². The second-order valence-electron chi connectivity index (χ2n) is 6.00. The molecule has 0 aromatic heterocycles. The number of ether oxygens (including phenoxy) is 1. The molecular formula is C21H16BrClN2O4. The zero-order valence-corrected chi connectivity index (χ0v) is 17.3. The molecule has 0 bridgehead atoms. The average Bonchev–Trinajstić information content (AvgIpc) is 2.67. The Morgan fingerprint density at radius 3 is 2.55 bits per heavy atom. The van der Waals surface area contributed by atoms with E-state index in [2.05, 4.69) is 26.5 Å². The molecule has 0 radical (unpaired) electrons. The average molecular weight is 476 g/mol. The Bertz CT molecular complexity index is 1050. The molecule has 0 saturated carbocycles. The summed E-state index contributed by atoms with van der Waals surface area (Å²) in [5, 5.41) is 23.5. The molecule has 1 amide bonds. The van der Waals surface area contributed by atoms with Gasteiger partial charge in [-0.1, -0.05) is 45.7 Å². The van der Waals surface area contributed by atoms with E-state index in [0.717, 1.165) is 16.1 Å². The lowest BCUT2D eigenvalue weighted by Gasteiger charge is -2.10. The lowest BCUT2D eigenvalue weighted by Crippen LogP contribution is -2.17. The number of benzene rings is 3. The largest absolute Gasteiger partial charge is 0.508 e. The normalized spacial score (nSPS) is 10.8. The minimum atomic E-state index is -0.582. The first-order chi connectivity index (χ1) is 13.9. The van der Waals surface area contributed by atoms with Crippen LogP contribution >= 0.6 is 27.5 Å². The van der Waals surface area contributed by atoms with Crippen molar-refractivity contribution in [1.82, 2.24) is 5.43 Å². The summed E-state index contributed by atoms with van der Waals surface area (Å²) in [6.07, 6.45) is 1.44. The van der Waals surface area contributed by atoms with E-state index in [0.29, 0.717) is 16.3 Å². The van der Waals surface area contributed by atoms with Crippen molar-refractivity contribution in [3.05, 3.63) is 86.8 Å². The zero-order valence-electron chi connectivity index (χ0n) is 15.0. The zero-order chi connectivity index (χ0) is 20.8. The number of hydrogen-bond acceptors (Lipinski definition) is 5. The van der Waals surface area contributed by atoms with E-state index in [-0.39, 0.29) is 23.7 Å². The highest BCUT2D eigenvalue weighted by Gasteiger charge is 2.09. The maximum atomic E-state index is 12.1. The number of hydrogen-bond donors (Lipinski definition) is 3. The van der Waals surface area contributed by atoms with Crippen LogP contribution in [0.15, 0.2) is 70.2 Å². The van der Waals surface area contributed by atoms with Gasteiger partial charge in [-0.05, 0) is 36.4 Å². The van der Waals surface area contributed by atoms with Gasteiger partial charge in [-0.3, -0.25) is 4.79 Å². The second kappa shape index (κ2) is 9.45. The van der Waals surface area contributed by atoms with E-state index in [4.69, 9.17) is 16.3 Å². The van der Waals surface area contributed by atoms with Crippen LogP contribution in [-0.2, 0) is 6.61 Å². The molecule has 3 rings (SSSR count). The number of carbonyl (C=O) groups excluding carboxylic acids is 1. The molecule has 0 aliphatic carbocycles. The molecule has 0 saturated heterocycles. The molecule has 0 aliphatic rings. The summed E-state index contributed by atoms with van der Waals surface area (Å²) < 4.78 is 6.67. The van der Waals surface area contributed by atoms with Gasteiger partial charge in [0.1, 0.15) is 23.9 Å². The molecule has 0 spiro atoms. The maximum absolute atomic E-state index is 12.1. The predicted octanol–water partition coefficient (Wildman–Crippen LogP) is 4.86. The third-order valence-electron chi connectivity index (χ3n) is 3.85. The standard InChI is InChI=1S/C21H16BrClN2O4/c22-16-5-6-20(29-12-13-3-1-2-4-19(13)23)15(7-16)11-24-25-21(28)14-8-17(26)10-18(27)9-14/h1-11,26-27H,12H2,(H,25,28)/b24-11+. The number of nitrogens with one attached hydrogen (secondary N) is 1. The number of hydrazone groups is 1. The molecule has 3 aromatic rings. The van der Waals surface area contributed by atoms with Crippen LogP contribution in [0, 0.1) is 0 Å². The number of halogens is 2. The van der Waals surface area contributed by atoms with Crippen molar-refractivity contribution >= 4 is 39.7 Å². The van der Waals surface area contributed by atoms with Gasteiger partial charge in [0.05, 0.1) is 6.21 Å². The smallest absolute Gasteiger partial charge is 0.271 e. The van der Waals surface area contributed by atoms with Crippen LogP contribution in [0.5, 0.6) is 17.2 Å². The van der Waals surface area contributed by atoms with Crippen molar-refractivity contribution in [1.29, 1.82) is 0 Å². The highest BCUT2D eigenvalue weighted by molar-refractivity contribution is 9.10. The molecule has 0 atom stereocenters. The van der Waals surface area contributed by atoms with E-state index >= 15 is 0 Å². The first-order valence-corrected chi connectivity index (χ1v) is 9.61. The van der Waals surface area contributed by atoms with Gasteiger partial charge >= 0.3 is 0 Å². The third kappa shape index (κ3) is 5.73. The van der Waals surface area contributed by atoms with Crippen LogP contribution in [0.4, 0.5) is 0 Å². The van der Waals surface area contributed by atoms with Gasteiger partial charge in [-0.15, -0.1) is 0 Å². The molecule has 29 heavy (non-hydrogen) atoms. The lowest BCUT2D eigenvalue weighted by atomic mass is 10.2. The molecule has 0 fully saturated rings. The van der Waals surface area contributed by atoms with Gasteiger partial charge in [-0.25, -0.2) is 5.43 Å². The van der Waals surface area contributed by atoms with Gasteiger partial charge in [0.25, 0.3) is 5.91 Å². The van der Waals surface area contributed by atoms with Crippen LogP contribution in [0.2, 0.25) is 5.02 Å². The number of carbonyl (C=O) groups is 1. The van der Waals surface area contributed by atoms with Gasteiger partial charge in [0.2, 0.25) is 0 Å². The van der Waals surface area contributed by atoms with E-state index < -0.39 is 5.91 Å². The Kier molecular flexibility index (Phi) is 6.74. The summed E-state index contributed by atoms with van der Waals surface area (Å²) in [5.41, 5.74) is 3.90. The fourth-order valence-corrected chi connectivity index (χ4v) is 3.04. The van der Waals surface area contributed by atoms with E-state index in [9.17, 15) is 15.0 Å². The quantitative estimate of drug-likeness (QED) is 0.351. The van der Waals surface area contributed by atoms with Crippen molar-refractivity contribution < 1.29 is 19.7 Å². The van der Waals surface area contributed by atoms with Crippen molar-refractivity contribution in [2.75, 3.05) is 0 Å². The van der Waals surface area contributed by atoms with E-state index in [1.165, 1.54) is 18.3 Å². The van der Waals surface area contributed by atoms with E-state index in [1.54, 1.807) is 18.2 Å². The molecule has 0 aliphatic heterocycles. The number of phenolic OH excluding ortho intramolecular Hbond substituents is 2. The molecule has 3 N–H and O–H groups in total. The molecule has 148 valence electrons. The molecule has 6 nitrogen and oxygen atoms in total. The molecule has 8 heteroatoms. The number of amides is 1. The first kappa shape index (κ1) is 20.7. The van der Waals surface area contributed by atoms with Crippen LogP contribution in [-0.4, -0.2) is 22.3 Å². The Morgan fingerprint density at radius 2 is 1.83 bits per heavy atom. The summed E-state index contributed by atoms with van der Waals surface area (Å²) in [4.78, 5) is 12.1. The Morgan fingerprint density at radius 1 is 1.10 bits per heavy atom. The number of rotatable bonds is 6. The number of aromatic hydroxyl groups is 2. The maximum Gasteiger partial charge on any atom is 0.271 e. The highest BCUT2D eigenvalue weighted by Crippen LogP contribution is 2.24. The highest BCUT2D eigenvalue weighted by atomic mass is 79.9. The van der Waals surface area contributed by atoms with Gasteiger partial charge < -0.3 is 14.9 Å². The monoisotopic (exact) mass is 474 g/mol. The topological polar surface area (TPSA) is 91.2 Å². The fraction of sp³-hybridized carbons (Fsp3) is 0.0476. The summed E-state index contributed by atoms with van der Waals surface area (Å²) in [6, 6.07) is 16.4. The summed E-state index contributed by atoms with van der Waals surface area (Å²) in [6.45, 7) is 0.275. The van der Waals surface area contributed by atoms with Crippen molar-refractivity contribution in [3.63, 3.8) is 0 Å². The molecule has 3 aromatic carbocycles. The number of nitrogens with zero attached hydrogens (tertiary/aromatic N) is 1. The van der Waals surface area contributed by atoms with Crippen LogP contribution in [0.25, 0.3) is 0 Å². The minimum absolute atomic E-state index is 0.0732. The van der Waals surface area contributed by atoms with Crippen molar-refractivity contribution in [3.8, 4) is 17.2 Å². The molecule has 0 heterocycles. The van der Waals surface area contributed by atoms with E-state index in [1.807, 2.05) is 24.3 Å². The van der Waals surface area contributed by atoms with Gasteiger partial charge in [0, 0.05) is 32.3 Å². The Hall–Kier alpha value is -3.03. The Balaban J connectivity index is 1.72. The van der Waals surface area contributed by atoms with Crippen LogP contribution in [0.1, 0.15) is 21.5 Å². The van der Waals surface area contributed by atoms with Crippen LogP contribution < -0.4 is 10.2 Å². The summed E-state index contributed by atoms with van der Waals surface area (Å²) >= 11 is 9.55. The van der Waals surface area contributed by atoms with Gasteiger partial charge in [-0.2, -0.15) is 5.10 Å². The van der Waals surface area contributed by atoms with Crippen molar-refractivity contribution in [2.24, 2.45) is 5.10 Å². The Labute approximate surface area is 180 Å². The SMILES string of the molecule is O=C(N/N=C/c1cc(Br)ccc1OCc1ccccc1Cl)c1cc(O)cc(O)c1. The molecular weight excluding hydrogens is 460 g/mol. The summed E-state index contributed by atoms with van der Waals surface area (Å²) in [7, 11) is 0. The van der Waals surface area contributed by atoms with Gasteiger partial charge in [0.15, 0.2) is 0 Å².